The molecular weight excluding hydrogens is 376 g/mol. The van der Waals surface area contributed by atoms with Gasteiger partial charge in [-0.05, 0) is 35.9 Å². The number of amides is 1. The van der Waals surface area contributed by atoms with Gasteiger partial charge in [-0.2, -0.15) is 4.99 Å². The number of hydrogen-bond donors (Lipinski definition) is 0. The molecule has 0 N–H and O–H groups in total. The van der Waals surface area contributed by atoms with Gasteiger partial charge in [-0.1, -0.05) is 39.4 Å². The minimum absolute atomic E-state index is 0.156. The molecule has 6 heteroatoms. The number of rotatable bonds is 3. The van der Waals surface area contributed by atoms with Gasteiger partial charge < -0.3 is 9.30 Å². The van der Waals surface area contributed by atoms with Gasteiger partial charge in [-0.15, -0.1) is 0 Å². The Kier molecular flexibility index (Phi) is 4.63. The number of ether oxygens (including phenoxy) is 1. The zero-order valence-electron chi connectivity index (χ0n) is 12.7. The lowest BCUT2D eigenvalue weighted by atomic mass is 10.1. The number of methoxy groups -OCH3 is 1. The molecule has 0 radical (unpaired) electrons. The molecule has 3 aromatic rings. The van der Waals surface area contributed by atoms with Crippen LogP contribution in [-0.2, 0) is 18.3 Å². The van der Waals surface area contributed by atoms with E-state index in [1.165, 1.54) is 11.3 Å². The van der Waals surface area contributed by atoms with Crippen LogP contribution in [0.25, 0.3) is 10.2 Å². The summed E-state index contributed by atoms with van der Waals surface area (Å²) >= 11 is 4.97. The van der Waals surface area contributed by atoms with Crippen molar-refractivity contribution >= 4 is 43.4 Å². The second-order valence-corrected chi connectivity index (χ2v) is 7.01. The molecule has 0 atom stereocenters. The second kappa shape index (κ2) is 6.68. The van der Waals surface area contributed by atoms with Gasteiger partial charge in [0.05, 0.1) is 23.7 Å². The molecule has 118 valence electrons. The summed E-state index contributed by atoms with van der Waals surface area (Å²) in [7, 11) is 3.54. The summed E-state index contributed by atoms with van der Waals surface area (Å²) in [6.07, 6.45) is 0.280. The SMILES string of the molecule is COc1ccc(CC(=O)N=c2sc3cc(Br)ccc3n2C)cc1. The van der Waals surface area contributed by atoms with E-state index < -0.39 is 0 Å². The fourth-order valence-electron chi connectivity index (χ4n) is 2.28. The van der Waals surface area contributed by atoms with Crippen LogP contribution in [0.1, 0.15) is 5.56 Å². The van der Waals surface area contributed by atoms with Crippen LogP contribution in [-0.4, -0.2) is 17.6 Å². The first-order valence-corrected chi connectivity index (χ1v) is 8.63. The van der Waals surface area contributed by atoms with Crippen molar-refractivity contribution in [3.63, 3.8) is 0 Å². The first kappa shape index (κ1) is 16.0. The second-order valence-electron chi connectivity index (χ2n) is 5.09. The Morgan fingerprint density at radius 2 is 2.00 bits per heavy atom. The third-order valence-corrected chi connectivity index (χ3v) is 5.09. The van der Waals surface area contributed by atoms with E-state index in [0.717, 1.165) is 26.0 Å². The molecule has 1 aromatic heterocycles. The van der Waals surface area contributed by atoms with Crippen molar-refractivity contribution in [1.29, 1.82) is 0 Å². The zero-order chi connectivity index (χ0) is 16.4. The molecule has 3 rings (SSSR count). The summed E-state index contributed by atoms with van der Waals surface area (Å²) < 4.78 is 9.17. The van der Waals surface area contributed by atoms with Crippen molar-refractivity contribution in [3.8, 4) is 5.75 Å². The Labute approximate surface area is 146 Å². The van der Waals surface area contributed by atoms with Crippen molar-refractivity contribution in [2.24, 2.45) is 12.0 Å². The molecule has 0 aliphatic rings. The number of carbonyl (C=O) groups is 1. The predicted molar refractivity (Wildman–Crippen MR) is 95.8 cm³/mol. The molecule has 0 bridgehead atoms. The first-order chi connectivity index (χ1) is 11.1. The molecule has 0 aliphatic heterocycles. The smallest absolute Gasteiger partial charge is 0.252 e. The highest BCUT2D eigenvalue weighted by Gasteiger charge is 2.06. The van der Waals surface area contributed by atoms with Crippen molar-refractivity contribution in [1.82, 2.24) is 4.57 Å². The van der Waals surface area contributed by atoms with Crippen molar-refractivity contribution in [2.45, 2.75) is 6.42 Å². The van der Waals surface area contributed by atoms with E-state index >= 15 is 0 Å². The van der Waals surface area contributed by atoms with Crippen LogP contribution in [0.4, 0.5) is 0 Å². The highest BCUT2D eigenvalue weighted by Crippen LogP contribution is 2.21. The molecule has 0 unspecified atom stereocenters. The number of fused-ring (bicyclic) bond motifs is 1. The Morgan fingerprint density at radius 3 is 2.70 bits per heavy atom. The molecule has 0 saturated heterocycles. The molecule has 0 fully saturated rings. The lowest BCUT2D eigenvalue weighted by molar-refractivity contribution is -0.117. The number of nitrogens with zero attached hydrogens (tertiary/aromatic N) is 2. The maximum absolute atomic E-state index is 12.2. The largest absolute Gasteiger partial charge is 0.497 e. The van der Waals surface area contributed by atoms with Gasteiger partial charge in [0, 0.05) is 11.5 Å². The van der Waals surface area contributed by atoms with E-state index in [1.807, 2.05) is 54.1 Å². The number of halogens is 1. The molecule has 4 nitrogen and oxygen atoms in total. The molecule has 0 aliphatic carbocycles. The van der Waals surface area contributed by atoms with E-state index in [9.17, 15) is 4.79 Å². The minimum atomic E-state index is -0.156. The predicted octanol–water partition coefficient (Wildman–Crippen LogP) is 3.68. The zero-order valence-corrected chi connectivity index (χ0v) is 15.1. The lowest BCUT2D eigenvalue weighted by Gasteiger charge is -2.01. The quantitative estimate of drug-likeness (QED) is 0.684. The van der Waals surface area contributed by atoms with Crippen molar-refractivity contribution in [3.05, 3.63) is 57.3 Å². The average molecular weight is 391 g/mol. The summed E-state index contributed by atoms with van der Waals surface area (Å²) in [4.78, 5) is 17.2. The number of benzene rings is 2. The molecule has 0 spiro atoms. The van der Waals surface area contributed by atoms with Crippen LogP contribution in [0, 0.1) is 0 Å². The van der Waals surface area contributed by atoms with Crippen molar-refractivity contribution in [2.75, 3.05) is 7.11 Å². The summed E-state index contributed by atoms with van der Waals surface area (Å²) in [5.41, 5.74) is 1.99. The maximum Gasteiger partial charge on any atom is 0.252 e. The number of thiazole rings is 1. The van der Waals surface area contributed by atoms with Crippen molar-refractivity contribution < 1.29 is 9.53 Å². The van der Waals surface area contributed by atoms with E-state index in [4.69, 9.17) is 4.74 Å². The molecule has 23 heavy (non-hydrogen) atoms. The van der Waals surface area contributed by atoms with Crippen LogP contribution in [0.2, 0.25) is 0 Å². The lowest BCUT2D eigenvalue weighted by Crippen LogP contribution is -2.14. The van der Waals surface area contributed by atoms with Crippen LogP contribution < -0.4 is 9.54 Å². The topological polar surface area (TPSA) is 43.6 Å². The third-order valence-electron chi connectivity index (χ3n) is 3.51. The fourth-order valence-corrected chi connectivity index (χ4v) is 3.87. The molecular formula is C17H15BrN2O2S. The Bertz CT molecular complexity index is 926. The van der Waals surface area contributed by atoms with Gasteiger partial charge in [0.2, 0.25) is 0 Å². The molecule has 1 amide bonds. The highest BCUT2D eigenvalue weighted by molar-refractivity contribution is 9.10. The van der Waals surface area contributed by atoms with Crippen LogP contribution in [0.15, 0.2) is 51.9 Å². The van der Waals surface area contributed by atoms with Gasteiger partial charge in [0.25, 0.3) is 5.91 Å². The Hall–Kier alpha value is -1.92. The Balaban J connectivity index is 1.88. The van der Waals surface area contributed by atoms with Gasteiger partial charge >= 0.3 is 0 Å². The molecule has 0 saturated carbocycles. The number of aromatic nitrogens is 1. The number of aryl methyl sites for hydroxylation is 1. The van der Waals surface area contributed by atoms with Crippen LogP contribution >= 0.6 is 27.3 Å². The van der Waals surface area contributed by atoms with E-state index in [-0.39, 0.29) is 12.3 Å². The number of hydrogen-bond acceptors (Lipinski definition) is 3. The summed E-state index contributed by atoms with van der Waals surface area (Å²) in [5.74, 6) is 0.621. The average Bonchev–Trinajstić information content (AvgIpc) is 2.83. The summed E-state index contributed by atoms with van der Waals surface area (Å²) in [6, 6.07) is 13.5. The summed E-state index contributed by atoms with van der Waals surface area (Å²) in [5, 5.41) is 0. The monoisotopic (exact) mass is 390 g/mol. The van der Waals surface area contributed by atoms with Gasteiger partial charge in [-0.25, -0.2) is 0 Å². The third kappa shape index (κ3) is 3.54. The Morgan fingerprint density at radius 1 is 1.26 bits per heavy atom. The number of carbonyl (C=O) groups excluding carboxylic acids is 1. The fraction of sp³-hybridized carbons (Fsp3) is 0.176. The maximum atomic E-state index is 12.2. The standard InChI is InChI=1S/C17H15BrN2O2S/c1-20-14-8-5-12(18)10-15(14)23-17(20)19-16(21)9-11-3-6-13(22-2)7-4-11/h3-8,10H,9H2,1-2H3. The van der Waals surface area contributed by atoms with Crippen LogP contribution in [0.3, 0.4) is 0 Å². The van der Waals surface area contributed by atoms with E-state index in [0.29, 0.717) is 4.80 Å². The summed E-state index contributed by atoms with van der Waals surface area (Å²) in [6.45, 7) is 0. The van der Waals surface area contributed by atoms with Crippen LogP contribution in [0.5, 0.6) is 5.75 Å². The van der Waals surface area contributed by atoms with Gasteiger partial charge in [0.1, 0.15) is 5.75 Å². The minimum Gasteiger partial charge on any atom is -0.497 e. The van der Waals surface area contributed by atoms with E-state index in [1.54, 1.807) is 7.11 Å². The van der Waals surface area contributed by atoms with E-state index in [2.05, 4.69) is 20.9 Å². The molecule has 2 aromatic carbocycles. The highest BCUT2D eigenvalue weighted by atomic mass is 79.9. The first-order valence-electron chi connectivity index (χ1n) is 7.02. The normalized spacial score (nSPS) is 11.9. The molecule has 1 heterocycles. The van der Waals surface area contributed by atoms with Gasteiger partial charge in [0.15, 0.2) is 4.80 Å². The van der Waals surface area contributed by atoms with Gasteiger partial charge in [-0.3, -0.25) is 4.79 Å².